The van der Waals surface area contributed by atoms with Crippen LogP contribution in [0.3, 0.4) is 0 Å². The highest BCUT2D eigenvalue weighted by molar-refractivity contribution is 5.77. The van der Waals surface area contributed by atoms with Gasteiger partial charge in [0.15, 0.2) is 0 Å². The van der Waals surface area contributed by atoms with Gasteiger partial charge in [0.2, 0.25) is 0 Å². The fraction of sp³-hybridized carbons (Fsp3) is 0.250. The number of nitrogens with one attached hydrogen (secondary N) is 1. The number of benzene rings is 2. The van der Waals surface area contributed by atoms with Crippen LogP contribution in [0.4, 0.5) is 17.1 Å². The average Bonchev–Trinajstić information content (AvgIpc) is 2.44. The molecule has 0 saturated heterocycles. The van der Waals surface area contributed by atoms with E-state index in [9.17, 15) is 0 Å². The Morgan fingerprint density at radius 2 is 1.95 bits per heavy atom. The second-order valence-corrected chi connectivity index (χ2v) is 4.41. The van der Waals surface area contributed by atoms with Crippen LogP contribution in [0.25, 0.3) is 0 Å². The first-order valence-corrected chi connectivity index (χ1v) is 6.60. The highest BCUT2D eigenvalue weighted by Gasteiger charge is 2.06. The number of anilines is 3. The van der Waals surface area contributed by atoms with Crippen molar-refractivity contribution in [2.45, 2.75) is 13.5 Å². The normalized spacial score (nSPS) is 10.3. The Labute approximate surface area is 119 Å². The predicted molar refractivity (Wildman–Crippen MR) is 82.5 cm³/mol. The van der Waals surface area contributed by atoms with E-state index < -0.39 is 0 Å². The molecule has 0 fully saturated rings. The summed E-state index contributed by atoms with van der Waals surface area (Å²) in [5.74, 6) is 0.700. The van der Waals surface area contributed by atoms with Gasteiger partial charge in [-0.15, -0.1) is 0 Å². The van der Waals surface area contributed by atoms with Crippen molar-refractivity contribution in [1.29, 1.82) is 0 Å². The van der Waals surface area contributed by atoms with E-state index in [0.29, 0.717) is 24.7 Å². The second-order valence-electron chi connectivity index (χ2n) is 4.41. The van der Waals surface area contributed by atoms with Crippen molar-refractivity contribution in [2.75, 3.05) is 24.8 Å². The monoisotopic (exact) mass is 272 g/mol. The van der Waals surface area contributed by atoms with Crippen molar-refractivity contribution in [2.24, 2.45) is 0 Å². The van der Waals surface area contributed by atoms with Gasteiger partial charge in [-0.1, -0.05) is 18.2 Å². The number of para-hydroxylation sites is 1. The fourth-order valence-corrected chi connectivity index (χ4v) is 2.00. The molecule has 0 unspecified atom stereocenters. The molecule has 0 aliphatic carbocycles. The first-order valence-electron chi connectivity index (χ1n) is 6.60. The second kappa shape index (κ2) is 6.82. The highest BCUT2D eigenvalue weighted by Crippen LogP contribution is 2.31. The van der Waals surface area contributed by atoms with Crippen LogP contribution in [0.1, 0.15) is 12.5 Å². The molecule has 0 aliphatic rings. The Balaban J connectivity index is 2.21. The molecule has 0 aliphatic heterocycles. The summed E-state index contributed by atoms with van der Waals surface area (Å²) >= 11 is 0. The van der Waals surface area contributed by atoms with Crippen LogP contribution in [-0.4, -0.2) is 13.7 Å². The zero-order valence-electron chi connectivity index (χ0n) is 11.8. The maximum Gasteiger partial charge on any atom is 0.144 e. The van der Waals surface area contributed by atoms with Gasteiger partial charge in [0, 0.05) is 12.8 Å². The van der Waals surface area contributed by atoms with E-state index in [1.807, 2.05) is 49.4 Å². The van der Waals surface area contributed by atoms with Gasteiger partial charge in [-0.2, -0.15) is 0 Å². The minimum absolute atomic E-state index is 0.587. The quantitative estimate of drug-likeness (QED) is 0.789. The maximum absolute atomic E-state index is 6.10. The molecule has 0 aromatic heterocycles. The summed E-state index contributed by atoms with van der Waals surface area (Å²) in [6.45, 7) is 3.12. The number of hydrogen-bond donors (Lipinski definition) is 2. The third kappa shape index (κ3) is 3.42. The zero-order chi connectivity index (χ0) is 14.4. The molecule has 0 radical (unpaired) electrons. The van der Waals surface area contributed by atoms with E-state index in [0.717, 1.165) is 16.9 Å². The van der Waals surface area contributed by atoms with Crippen LogP contribution in [-0.2, 0) is 11.3 Å². The third-order valence-electron chi connectivity index (χ3n) is 2.88. The molecular weight excluding hydrogens is 252 g/mol. The van der Waals surface area contributed by atoms with Crippen molar-refractivity contribution in [3.05, 3.63) is 48.0 Å². The Morgan fingerprint density at radius 1 is 1.15 bits per heavy atom. The lowest BCUT2D eigenvalue weighted by atomic mass is 10.2. The van der Waals surface area contributed by atoms with Gasteiger partial charge in [0.25, 0.3) is 0 Å². The molecule has 4 heteroatoms. The van der Waals surface area contributed by atoms with Crippen LogP contribution in [0, 0.1) is 0 Å². The van der Waals surface area contributed by atoms with E-state index in [1.54, 1.807) is 7.11 Å². The van der Waals surface area contributed by atoms with Crippen LogP contribution in [0.15, 0.2) is 42.5 Å². The molecular formula is C16H20N2O2. The SMILES string of the molecule is CCOc1cccc(Nc2cccc(COC)c2)c1N. The fourth-order valence-electron chi connectivity index (χ4n) is 2.00. The average molecular weight is 272 g/mol. The molecule has 3 N–H and O–H groups in total. The van der Waals surface area contributed by atoms with Gasteiger partial charge in [0.1, 0.15) is 5.75 Å². The lowest BCUT2D eigenvalue weighted by molar-refractivity contribution is 0.185. The summed E-state index contributed by atoms with van der Waals surface area (Å²) in [4.78, 5) is 0. The molecule has 0 spiro atoms. The summed E-state index contributed by atoms with van der Waals surface area (Å²) in [6.07, 6.45) is 0. The first kappa shape index (κ1) is 14.2. The summed E-state index contributed by atoms with van der Waals surface area (Å²) in [7, 11) is 1.68. The van der Waals surface area contributed by atoms with E-state index in [2.05, 4.69) is 5.32 Å². The standard InChI is InChI=1S/C16H20N2O2/c1-3-20-15-9-5-8-14(16(15)17)18-13-7-4-6-12(10-13)11-19-2/h4-10,18H,3,11,17H2,1-2H3. The molecule has 0 atom stereocenters. The molecule has 2 aromatic rings. The van der Waals surface area contributed by atoms with E-state index in [-0.39, 0.29) is 0 Å². The van der Waals surface area contributed by atoms with Gasteiger partial charge in [-0.3, -0.25) is 0 Å². The molecule has 0 amide bonds. The molecule has 0 bridgehead atoms. The molecule has 0 saturated carbocycles. The van der Waals surface area contributed by atoms with Crippen LogP contribution >= 0.6 is 0 Å². The first-order chi connectivity index (χ1) is 9.74. The highest BCUT2D eigenvalue weighted by atomic mass is 16.5. The number of ether oxygens (including phenoxy) is 2. The van der Waals surface area contributed by atoms with Crippen molar-refractivity contribution >= 4 is 17.1 Å². The number of nitrogens with two attached hydrogens (primary N) is 1. The van der Waals surface area contributed by atoms with Crippen LogP contribution in [0.2, 0.25) is 0 Å². The van der Waals surface area contributed by atoms with Gasteiger partial charge < -0.3 is 20.5 Å². The molecule has 20 heavy (non-hydrogen) atoms. The van der Waals surface area contributed by atoms with Gasteiger partial charge in [0.05, 0.1) is 24.6 Å². The van der Waals surface area contributed by atoms with Gasteiger partial charge in [-0.05, 0) is 36.8 Å². The third-order valence-corrected chi connectivity index (χ3v) is 2.88. The Kier molecular flexibility index (Phi) is 4.85. The largest absolute Gasteiger partial charge is 0.492 e. The zero-order valence-corrected chi connectivity index (χ0v) is 11.8. The number of nitrogen functional groups attached to an aromatic ring is 1. The molecule has 4 nitrogen and oxygen atoms in total. The summed E-state index contributed by atoms with van der Waals surface area (Å²) in [6, 6.07) is 13.8. The van der Waals surface area contributed by atoms with E-state index >= 15 is 0 Å². The van der Waals surface area contributed by atoms with Crippen molar-refractivity contribution in [3.63, 3.8) is 0 Å². The smallest absolute Gasteiger partial charge is 0.144 e. The lowest BCUT2D eigenvalue weighted by Crippen LogP contribution is -2.01. The molecule has 106 valence electrons. The summed E-state index contributed by atoms with van der Waals surface area (Å²) in [5, 5.41) is 3.31. The number of rotatable bonds is 6. The Hall–Kier alpha value is -2.20. The molecule has 0 heterocycles. The van der Waals surface area contributed by atoms with Crippen molar-refractivity contribution in [3.8, 4) is 5.75 Å². The minimum atomic E-state index is 0.587. The topological polar surface area (TPSA) is 56.5 Å². The van der Waals surface area contributed by atoms with Crippen LogP contribution in [0.5, 0.6) is 5.75 Å². The minimum Gasteiger partial charge on any atom is -0.492 e. The predicted octanol–water partition coefficient (Wildman–Crippen LogP) is 3.56. The van der Waals surface area contributed by atoms with Crippen molar-refractivity contribution in [1.82, 2.24) is 0 Å². The Bertz CT molecular complexity index is 570. The number of hydrogen-bond acceptors (Lipinski definition) is 4. The van der Waals surface area contributed by atoms with Crippen LogP contribution < -0.4 is 15.8 Å². The summed E-state index contributed by atoms with van der Waals surface area (Å²) in [5.41, 5.74) is 9.64. The Morgan fingerprint density at radius 3 is 2.70 bits per heavy atom. The lowest BCUT2D eigenvalue weighted by Gasteiger charge is -2.13. The summed E-state index contributed by atoms with van der Waals surface area (Å²) < 4.78 is 10.6. The van der Waals surface area contributed by atoms with Crippen molar-refractivity contribution < 1.29 is 9.47 Å². The van der Waals surface area contributed by atoms with Gasteiger partial charge in [-0.25, -0.2) is 0 Å². The maximum atomic E-state index is 6.10. The van der Waals surface area contributed by atoms with Gasteiger partial charge >= 0.3 is 0 Å². The molecule has 2 aromatic carbocycles. The van der Waals surface area contributed by atoms with E-state index in [4.69, 9.17) is 15.2 Å². The number of methoxy groups -OCH3 is 1. The van der Waals surface area contributed by atoms with E-state index in [1.165, 1.54) is 0 Å². The molecule has 2 rings (SSSR count).